The van der Waals surface area contributed by atoms with Crippen LogP contribution in [0.1, 0.15) is 11.1 Å². The van der Waals surface area contributed by atoms with E-state index in [0.29, 0.717) is 10.6 Å². The molecule has 0 radical (unpaired) electrons. The van der Waals surface area contributed by atoms with Gasteiger partial charge in [0, 0.05) is 10.6 Å². The van der Waals surface area contributed by atoms with Crippen LogP contribution in [0.5, 0.6) is 0 Å². The van der Waals surface area contributed by atoms with Crippen LogP contribution in [0.4, 0.5) is 0 Å². The van der Waals surface area contributed by atoms with Crippen molar-refractivity contribution in [3.8, 4) is 12.1 Å². The molecule has 0 aromatic heterocycles. The van der Waals surface area contributed by atoms with Crippen molar-refractivity contribution in [2.75, 3.05) is 0 Å². The number of nitriles is 2. The highest BCUT2D eigenvalue weighted by Crippen LogP contribution is 2.23. The molecule has 0 amide bonds. The summed E-state index contributed by atoms with van der Waals surface area (Å²) in [4.78, 5) is 0. The predicted octanol–water partition coefficient (Wildman–Crippen LogP) is 4.85. The third-order valence-electron chi connectivity index (χ3n) is 2.91. The van der Waals surface area contributed by atoms with Gasteiger partial charge in [-0.25, -0.2) is 0 Å². The molecule has 100 valence electrons. The lowest BCUT2D eigenvalue weighted by molar-refractivity contribution is 1.46. The number of nitrogens with zero attached hydrogens (tertiary/aromatic N) is 2. The Morgan fingerprint density at radius 3 is 2.14 bits per heavy atom. The smallest absolute Gasteiger partial charge is 0.137 e. The van der Waals surface area contributed by atoms with Crippen molar-refractivity contribution in [2.24, 2.45) is 0 Å². The van der Waals surface area contributed by atoms with E-state index in [1.807, 2.05) is 60.7 Å². The van der Waals surface area contributed by atoms with Crippen LogP contribution in [0.25, 0.3) is 11.6 Å². The van der Waals surface area contributed by atoms with Gasteiger partial charge in [-0.05, 0) is 17.2 Å². The average Bonchev–Trinajstić information content (AvgIpc) is 2.54. The molecule has 21 heavy (non-hydrogen) atoms. The van der Waals surface area contributed by atoms with Gasteiger partial charge in [-0.1, -0.05) is 72.3 Å². The Labute approximate surface area is 128 Å². The maximum Gasteiger partial charge on any atom is 0.137 e. The van der Waals surface area contributed by atoms with E-state index in [0.717, 1.165) is 11.1 Å². The molecule has 3 heteroatoms. The second kappa shape index (κ2) is 7.10. The topological polar surface area (TPSA) is 47.6 Å². The first-order chi connectivity index (χ1) is 10.3. The van der Waals surface area contributed by atoms with Gasteiger partial charge in [0.2, 0.25) is 0 Å². The molecule has 2 nitrogen and oxygen atoms in total. The highest BCUT2D eigenvalue weighted by Gasteiger charge is 2.06. The van der Waals surface area contributed by atoms with E-state index >= 15 is 0 Å². The molecular weight excluding hydrogens is 280 g/mol. The number of hydrogen-bond donors (Lipinski definition) is 0. The third kappa shape index (κ3) is 3.60. The lowest BCUT2D eigenvalue weighted by Crippen LogP contribution is -1.86. The number of allylic oxidation sites excluding steroid dienone is 3. The summed E-state index contributed by atoms with van der Waals surface area (Å²) in [5.41, 5.74) is 2.31. The quantitative estimate of drug-likeness (QED) is 0.599. The number of hydrogen-bond acceptors (Lipinski definition) is 2. The van der Waals surface area contributed by atoms with Crippen molar-refractivity contribution in [3.63, 3.8) is 0 Å². The average molecular weight is 291 g/mol. The van der Waals surface area contributed by atoms with Crippen molar-refractivity contribution in [2.45, 2.75) is 0 Å². The van der Waals surface area contributed by atoms with E-state index < -0.39 is 0 Å². The van der Waals surface area contributed by atoms with Crippen LogP contribution < -0.4 is 0 Å². The Morgan fingerprint density at radius 2 is 1.52 bits per heavy atom. The van der Waals surface area contributed by atoms with Gasteiger partial charge in [0.1, 0.15) is 17.7 Å². The van der Waals surface area contributed by atoms with Crippen LogP contribution in [0.15, 0.2) is 66.2 Å². The summed E-state index contributed by atoms with van der Waals surface area (Å²) in [7, 11) is 0. The fraction of sp³-hybridized carbons (Fsp3) is 0. The molecule has 2 aromatic carbocycles. The Balaban J connectivity index is 2.50. The van der Waals surface area contributed by atoms with Crippen molar-refractivity contribution in [3.05, 3.63) is 82.4 Å². The van der Waals surface area contributed by atoms with E-state index in [2.05, 4.69) is 0 Å². The lowest BCUT2D eigenvalue weighted by Gasteiger charge is -2.03. The summed E-state index contributed by atoms with van der Waals surface area (Å²) in [5, 5.41) is 18.9. The van der Waals surface area contributed by atoms with E-state index in [4.69, 9.17) is 22.1 Å². The molecule has 0 saturated carbocycles. The molecule has 0 fully saturated rings. The van der Waals surface area contributed by atoms with E-state index in [9.17, 15) is 0 Å². The van der Waals surface area contributed by atoms with Crippen molar-refractivity contribution in [1.82, 2.24) is 0 Å². The van der Waals surface area contributed by atoms with Gasteiger partial charge in [-0.3, -0.25) is 0 Å². The molecule has 0 spiro atoms. The number of halogens is 1. The monoisotopic (exact) mass is 290 g/mol. The van der Waals surface area contributed by atoms with E-state index in [-0.39, 0.29) is 5.57 Å². The maximum atomic E-state index is 9.12. The van der Waals surface area contributed by atoms with Crippen LogP contribution in [-0.4, -0.2) is 0 Å². The summed E-state index contributed by atoms with van der Waals surface area (Å²) in [6.45, 7) is 0. The normalized spacial score (nSPS) is 9.86. The molecule has 0 aliphatic heterocycles. The molecule has 0 N–H and O–H groups in total. The first-order valence-electron chi connectivity index (χ1n) is 6.28. The minimum absolute atomic E-state index is 0.0736. The maximum absolute atomic E-state index is 9.12. The predicted molar refractivity (Wildman–Crippen MR) is 85.1 cm³/mol. The highest BCUT2D eigenvalue weighted by atomic mass is 35.5. The standard InChI is InChI=1S/C18H11ClN2/c19-18-9-5-4-8-15(18)10-11-17(16(12-20)13-21)14-6-2-1-3-7-14/h1-11H/b11-10+. The zero-order valence-electron chi connectivity index (χ0n) is 11.1. The Kier molecular flexibility index (Phi) is 4.94. The molecule has 0 saturated heterocycles. The number of rotatable bonds is 3. The van der Waals surface area contributed by atoms with Gasteiger partial charge >= 0.3 is 0 Å². The fourth-order valence-corrected chi connectivity index (χ4v) is 2.07. The van der Waals surface area contributed by atoms with Crippen molar-refractivity contribution in [1.29, 1.82) is 10.5 Å². The summed E-state index contributed by atoms with van der Waals surface area (Å²) < 4.78 is 0. The zero-order chi connectivity index (χ0) is 15.1. The summed E-state index contributed by atoms with van der Waals surface area (Å²) in [6, 6.07) is 20.6. The van der Waals surface area contributed by atoms with Crippen LogP contribution in [0.3, 0.4) is 0 Å². The molecule has 0 aliphatic rings. The molecule has 0 heterocycles. The summed E-state index contributed by atoms with van der Waals surface area (Å²) in [5.74, 6) is 0. The Morgan fingerprint density at radius 1 is 0.905 bits per heavy atom. The minimum atomic E-state index is 0.0736. The van der Waals surface area contributed by atoms with Gasteiger partial charge in [0.05, 0.1) is 0 Å². The Hall–Kier alpha value is -2.81. The first kappa shape index (κ1) is 14.6. The molecule has 2 rings (SSSR count). The van der Waals surface area contributed by atoms with E-state index in [1.165, 1.54) is 0 Å². The molecule has 0 atom stereocenters. The third-order valence-corrected chi connectivity index (χ3v) is 3.26. The van der Waals surface area contributed by atoms with Gasteiger partial charge in [-0.2, -0.15) is 10.5 Å². The first-order valence-corrected chi connectivity index (χ1v) is 6.66. The summed E-state index contributed by atoms with van der Waals surface area (Å²) >= 11 is 6.10. The second-order valence-corrected chi connectivity index (χ2v) is 4.64. The SMILES string of the molecule is N#CC(C#N)=C(/C=C/c1ccccc1Cl)c1ccccc1. The van der Waals surface area contributed by atoms with Crippen molar-refractivity contribution < 1.29 is 0 Å². The minimum Gasteiger partial charge on any atom is -0.192 e. The molecule has 0 unspecified atom stereocenters. The van der Waals surface area contributed by atoms with Crippen molar-refractivity contribution >= 4 is 23.3 Å². The van der Waals surface area contributed by atoms with Gasteiger partial charge in [-0.15, -0.1) is 0 Å². The molecular formula is C18H11ClN2. The lowest BCUT2D eigenvalue weighted by atomic mass is 9.99. The second-order valence-electron chi connectivity index (χ2n) is 4.23. The number of benzene rings is 2. The van der Waals surface area contributed by atoms with E-state index in [1.54, 1.807) is 18.2 Å². The highest BCUT2D eigenvalue weighted by molar-refractivity contribution is 6.32. The van der Waals surface area contributed by atoms with Gasteiger partial charge in [0.15, 0.2) is 0 Å². The van der Waals surface area contributed by atoms with Crippen LogP contribution in [-0.2, 0) is 0 Å². The van der Waals surface area contributed by atoms with Gasteiger partial charge in [0.25, 0.3) is 0 Å². The van der Waals surface area contributed by atoms with Crippen LogP contribution in [0.2, 0.25) is 5.02 Å². The molecule has 0 bridgehead atoms. The molecule has 0 aliphatic carbocycles. The zero-order valence-corrected chi connectivity index (χ0v) is 11.9. The fourth-order valence-electron chi connectivity index (χ4n) is 1.87. The van der Waals surface area contributed by atoms with Crippen LogP contribution in [0, 0.1) is 22.7 Å². The summed E-state index contributed by atoms with van der Waals surface area (Å²) in [6.07, 6.45) is 3.55. The van der Waals surface area contributed by atoms with Gasteiger partial charge < -0.3 is 0 Å². The Bertz CT molecular complexity index is 759. The largest absolute Gasteiger partial charge is 0.192 e. The van der Waals surface area contributed by atoms with Crippen LogP contribution >= 0.6 is 11.6 Å². The molecule has 2 aromatic rings.